The fourth-order valence-electron chi connectivity index (χ4n) is 1.79. The topological polar surface area (TPSA) is 72.6 Å². The molecule has 1 rings (SSSR count). The van der Waals surface area contributed by atoms with Gasteiger partial charge in [-0.2, -0.15) is 4.31 Å². The Bertz CT molecular complexity index is 591. The van der Waals surface area contributed by atoms with Crippen LogP contribution >= 0.6 is 0 Å². The average molecular weight is 322 g/mol. The van der Waals surface area contributed by atoms with Crippen molar-refractivity contribution < 1.29 is 21.9 Å². The summed E-state index contributed by atoms with van der Waals surface area (Å²) in [4.78, 5) is -0.627. The molecule has 0 radical (unpaired) electrons. The molecule has 0 bridgehead atoms. The fourth-order valence-corrected chi connectivity index (χ4v) is 3.46. The third-order valence-corrected chi connectivity index (χ3v) is 4.66. The van der Waals surface area contributed by atoms with Gasteiger partial charge in [-0.25, -0.2) is 17.2 Å². The van der Waals surface area contributed by atoms with Gasteiger partial charge in [-0.05, 0) is 12.0 Å². The monoisotopic (exact) mass is 322 g/mol. The summed E-state index contributed by atoms with van der Waals surface area (Å²) in [5, 5.41) is 0. The first-order valence-corrected chi connectivity index (χ1v) is 7.87. The number of nitrogens with two attached hydrogens (primary N) is 1. The van der Waals surface area contributed by atoms with Crippen LogP contribution in [0.4, 0.5) is 14.5 Å². The summed E-state index contributed by atoms with van der Waals surface area (Å²) in [5.74, 6) is -2.11. The third-order valence-electron chi connectivity index (χ3n) is 2.78. The first-order valence-electron chi connectivity index (χ1n) is 6.43. The van der Waals surface area contributed by atoms with Crippen LogP contribution in [-0.4, -0.2) is 39.5 Å². The molecule has 21 heavy (non-hydrogen) atoms. The number of hydrogen-bond acceptors (Lipinski definition) is 4. The zero-order chi connectivity index (χ0) is 16.2. The molecule has 0 atom stereocenters. The molecule has 1 aromatic carbocycles. The van der Waals surface area contributed by atoms with Crippen molar-refractivity contribution in [3.8, 4) is 0 Å². The Morgan fingerprint density at radius 1 is 1.29 bits per heavy atom. The van der Waals surface area contributed by atoms with Crippen LogP contribution < -0.4 is 5.73 Å². The van der Waals surface area contributed by atoms with E-state index in [1.165, 1.54) is 7.11 Å². The zero-order valence-corrected chi connectivity index (χ0v) is 13.1. The molecule has 2 N–H and O–H groups in total. The van der Waals surface area contributed by atoms with Crippen LogP contribution in [0.5, 0.6) is 0 Å². The second kappa shape index (κ2) is 7.15. The highest BCUT2D eigenvalue weighted by Gasteiger charge is 2.28. The number of halogens is 2. The van der Waals surface area contributed by atoms with E-state index in [2.05, 4.69) is 0 Å². The van der Waals surface area contributed by atoms with E-state index in [0.717, 1.165) is 10.4 Å². The van der Waals surface area contributed by atoms with Gasteiger partial charge < -0.3 is 10.5 Å². The number of sulfonamides is 1. The molecule has 0 heterocycles. The predicted molar refractivity (Wildman–Crippen MR) is 76.2 cm³/mol. The summed E-state index contributed by atoms with van der Waals surface area (Å²) in [5.41, 5.74) is 4.93. The summed E-state index contributed by atoms with van der Waals surface area (Å²) in [7, 11) is -2.67. The Labute approximate surface area is 123 Å². The van der Waals surface area contributed by atoms with E-state index in [4.69, 9.17) is 10.5 Å². The Hall–Kier alpha value is -1.25. The minimum atomic E-state index is -4.11. The number of ether oxygens (including phenoxy) is 1. The molecule has 0 aromatic heterocycles. The predicted octanol–water partition coefficient (Wildman–Crippen LogP) is 1.84. The number of anilines is 1. The van der Waals surface area contributed by atoms with Crippen molar-refractivity contribution in [1.82, 2.24) is 4.31 Å². The van der Waals surface area contributed by atoms with Crippen LogP contribution in [0.1, 0.15) is 13.8 Å². The summed E-state index contributed by atoms with van der Waals surface area (Å²) in [6.07, 6.45) is 0. The molecular weight excluding hydrogens is 302 g/mol. The Kier molecular flexibility index (Phi) is 6.06. The Balaban J connectivity index is 3.24. The van der Waals surface area contributed by atoms with Gasteiger partial charge in [0.1, 0.15) is 16.5 Å². The number of nitrogens with zero attached hydrogens (tertiary/aromatic N) is 1. The molecule has 0 unspecified atom stereocenters. The van der Waals surface area contributed by atoms with Gasteiger partial charge >= 0.3 is 0 Å². The van der Waals surface area contributed by atoms with Crippen molar-refractivity contribution in [3.05, 3.63) is 23.8 Å². The van der Waals surface area contributed by atoms with E-state index in [1.807, 2.05) is 13.8 Å². The summed E-state index contributed by atoms with van der Waals surface area (Å²) < 4.78 is 58.0. The Morgan fingerprint density at radius 2 is 1.90 bits per heavy atom. The highest BCUT2D eigenvalue weighted by atomic mass is 32.2. The highest BCUT2D eigenvalue weighted by molar-refractivity contribution is 7.89. The third kappa shape index (κ3) is 4.36. The SMILES string of the molecule is COCCN(CC(C)C)S(=O)(=O)c1cc(N)c(F)cc1F. The van der Waals surface area contributed by atoms with Crippen molar-refractivity contribution in [2.45, 2.75) is 18.7 Å². The minimum absolute atomic E-state index is 0.0393. The Morgan fingerprint density at radius 3 is 2.43 bits per heavy atom. The standard InChI is InChI=1S/C13H20F2N2O3S/c1-9(2)8-17(4-5-20-3)21(18,19)13-7-12(16)10(14)6-11(13)15/h6-7,9H,4-5,8,16H2,1-3H3. The maximum atomic E-state index is 13.8. The van der Waals surface area contributed by atoms with Gasteiger partial charge in [-0.15, -0.1) is 0 Å². The molecule has 0 saturated carbocycles. The van der Waals surface area contributed by atoms with E-state index in [9.17, 15) is 17.2 Å². The number of methoxy groups -OCH3 is 1. The van der Waals surface area contributed by atoms with Crippen LogP contribution in [0.25, 0.3) is 0 Å². The van der Waals surface area contributed by atoms with Crippen LogP contribution in [-0.2, 0) is 14.8 Å². The summed E-state index contributed by atoms with van der Waals surface area (Å²) >= 11 is 0. The number of rotatable bonds is 7. The second-order valence-electron chi connectivity index (χ2n) is 5.05. The van der Waals surface area contributed by atoms with E-state index < -0.39 is 32.2 Å². The van der Waals surface area contributed by atoms with E-state index in [0.29, 0.717) is 6.07 Å². The molecule has 120 valence electrons. The van der Waals surface area contributed by atoms with Gasteiger partial charge in [0, 0.05) is 26.3 Å². The van der Waals surface area contributed by atoms with Crippen LogP contribution in [0.3, 0.4) is 0 Å². The molecule has 0 spiro atoms. The second-order valence-corrected chi connectivity index (χ2v) is 6.96. The molecule has 1 aromatic rings. The lowest BCUT2D eigenvalue weighted by Crippen LogP contribution is -2.37. The van der Waals surface area contributed by atoms with Gasteiger partial charge in [0.05, 0.1) is 12.3 Å². The molecule has 5 nitrogen and oxygen atoms in total. The average Bonchev–Trinajstić information content (AvgIpc) is 2.38. The lowest BCUT2D eigenvalue weighted by atomic mass is 10.2. The molecule has 0 amide bonds. The molecule has 0 aliphatic rings. The maximum absolute atomic E-state index is 13.8. The van der Waals surface area contributed by atoms with Crippen LogP contribution in [0.15, 0.2) is 17.0 Å². The molecular formula is C13H20F2N2O3S. The molecule has 8 heteroatoms. The number of nitrogen functional groups attached to an aromatic ring is 1. The van der Waals surface area contributed by atoms with Gasteiger partial charge in [-0.3, -0.25) is 0 Å². The molecule has 0 fully saturated rings. The van der Waals surface area contributed by atoms with Crippen molar-refractivity contribution in [2.75, 3.05) is 32.5 Å². The summed E-state index contributed by atoms with van der Waals surface area (Å²) in [6, 6.07) is 1.28. The van der Waals surface area contributed by atoms with Crippen molar-refractivity contribution in [2.24, 2.45) is 5.92 Å². The first-order chi connectivity index (χ1) is 9.70. The maximum Gasteiger partial charge on any atom is 0.246 e. The summed E-state index contributed by atoms with van der Waals surface area (Å²) in [6.45, 7) is 4.12. The number of benzene rings is 1. The quantitative estimate of drug-likeness (QED) is 0.778. The minimum Gasteiger partial charge on any atom is -0.396 e. The first kappa shape index (κ1) is 17.8. The molecule has 0 aliphatic heterocycles. The van der Waals surface area contributed by atoms with Crippen molar-refractivity contribution in [1.29, 1.82) is 0 Å². The largest absolute Gasteiger partial charge is 0.396 e. The van der Waals surface area contributed by atoms with Gasteiger partial charge in [0.25, 0.3) is 0 Å². The fraction of sp³-hybridized carbons (Fsp3) is 0.538. The molecule has 0 aliphatic carbocycles. The van der Waals surface area contributed by atoms with E-state index in [1.54, 1.807) is 0 Å². The van der Waals surface area contributed by atoms with Gasteiger partial charge in [0.2, 0.25) is 10.0 Å². The van der Waals surface area contributed by atoms with E-state index >= 15 is 0 Å². The number of hydrogen-bond donors (Lipinski definition) is 1. The van der Waals surface area contributed by atoms with Crippen molar-refractivity contribution >= 4 is 15.7 Å². The lowest BCUT2D eigenvalue weighted by Gasteiger charge is -2.24. The highest BCUT2D eigenvalue weighted by Crippen LogP contribution is 2.24. The van der Waals surface area contributed by atoms with Gasteiger partial charge in [0.15, 0.2) is 0 Å². The normalized spacial score (nSPS) is 12.3. The van der Waals surface area contributed by atoms with Crippen LogP contribution in [0.2, 0.25) is 0 Å². The van der Waals surface area contributed by atoms with E-state index in [-0.39, 0.29) is 25.6 Å². The molecule has 0 saturated heterocycles. The van der Waals surface area contributed by atoms with Crippen LogP contribution in [0, 0.1) is 17.6 Å². The van der Waals surface area contributed by atoms with Gasteiger partial charge in [-0.1, -0.05) is 13.8 Å². The van der Waals surface area contributed by atoms with Crippen molar-refractivity contribution in [3.63, 3.8) is 0 Å². The zero-order valence-electron chi connectivity index (χ0n) is 12.3. The smallest absolute Gasteiger partial charge is 0.246 e. The lowest BCUT2D eigenvalue weighted by molar-refractivity contribution is 0.175.